The van der Waals surface area contributed by atoms with Crippen LogP contribution in [0, 0.1) is 13.8 Å². The maximum Gasteiger partial charge on any atom is 0.325 e. The van der Waals surface area contributed by atoms with Gasteiger partial charge in [0, 0.05) is 0 Å². The minimum absolute atomic E-state index is 0.269. The van der Waals surface area contributed by atoms with E-state index in [0.717, 1.165) is 21.8 Å². The number of carbonyl (C=O) groups excluding carboxylic acids is 3. The third kappa shape index (κ3) is 4.56. The normalized spacial score (nSPS) is 18.5. The molecule has 0 aliphatic carbocycles. The van der Waals surface area contributed by atoms with Crippen LogP contribution in [0.2, 0.25) is 0 Å². The molecule has 0 aromatic heterocycles. The molecular weight excluding hydrogens is 370 g/mol. The fourth-order valence-corrected chi connectivity index (χ4v) is 3.19. The Hall–Kier alpha value is -3.35. The first-order chi connectivity index (χ1) is 13.8. The van der Waals surface area contributed by atoms with E-state index >= 15 is 0 Å². The van der Waals surface area contributed by atoms with Crippen molar-refractivity contribution < 1.29 is 19.1 Å². The van der Waals surface area contributed by atoms with E-state index in [0.29, 0.717) is 5.56 Å². The summed E-state index contributed by atoms with van der Waals surface area (Å²) >= 11 is 0. The number of ether oxygens (including phenoxy) is 1. The van der Waals surface area contributed by atoms with E-state index in [1.165, 1.54) is 0 Å². The second-order valence-corrected chi connectivity index (χ2v) is 7.33. The van der Waals surface area contributed by atoms with Gasteiger partial charge >= 0.3 is 6.03 Å². The van der Waals surface area contributed by atoms with Gasteiger partial charge in [0.2, 0.25) is 5.91 Å². The number of hydrogen-bond donors (Lipinski definition) is 2. The molecule has 1 heterocycles. The smallest absolute Gasteiger partial charge is 0.325 e. The summed E-state index contributed by atoms with van der Waals surface area (Å²) in [6.07, 6.45) is 0. The van der Waals surface area contributed by atoms with Gasteiger partial charge in [-0.1, -0.05) is 42.0 Å². The first-order valence-electron chi connectivity index (χ1n) is 9.47. The van der Waals surface area contributed by atoms with Gasteiger partial charge in [-0.15, -0.1) is 0 Å². The number of benzene rings is 2. The van der Waals surface area contributed by atoms with Crippen LogP contribution in [0.5, 0.6) is 5.75 Å². The number of nitrogens with zero attached hydrogens (tertiary/aromatic N) is 1. The van der Waals surface area contributed by atoms with Gasteiger partial charge in [0.15, 0.2) is 0 Å². The number of rotatable bonds is 7. The summed E-state index contributed by atoms with van der Waals surface area (Å²) < 4.78 is 5.58. The van der Waals surface area contributed by atoms with E-state index in [9.17, 15) is 14.4 Å². The second-order valence-electron chi connectivity index (χ2n) is 7.33. The van der Waals surface area contributed by atoms with Crippen molar-refractivity contribution in [1.82, 2.24) is 15.5 Å². The molecule has 1 saturated heterocycles. The van der Waals surface area contributed by atoms with Crippen molar-refractivity contribution in [3.8, 4) is 5.75 Å². The zero-order chi connectivity index (χ0) is 21.0. The Morgan fingerprint density at radius 2 is 1.83 bits per heavy atom. The number of urea groups is 1. The molecule has 2 N–H and O–H groups in total. The van der Waals surface area contributed by atoms with Crippen molar-refractivity contribution in [3.63, 3.8) is 0 Å². The molecule has 29 heavy (non-hydrogen) atoms. The summed E-state index contributed by atoms with van der Waals surface area (Å²) in [5.41, 5.74) is 1.63. The molecule has 1 aliphatic rings. The molecule has 0 spiro atoms. The molecule has 7 nitrogen and oxygen atoms in total. The second kappa shape index (κ2) is 8.34. The number of nitrogens with one attached hydrogen (secondary N) is 2. The molecule has 152 valence electrons. The van der Waals surface area contributed by atoms with Crippen molar-refractivity contribution in [2.45, 2.75) is 26.3 Å². The van der Waals surface area contributed by atoms with Crippen LogP contribution in [0.3, 0.4) is 0 Å². The third-order valence-electron chi connectivity index (χ3n) is 4.89. The standard InChI is InChI=1S/C22H25N3O4/c1-15-7-9-17(10-8-15)22(3)20(27)25(21(28)24-22)14-19(26)23-11-12-29-18-6-4-5-16(2)13-18/h4-10,13H,11-12,14H2,1-3H3,(H,23,26)(H,24,28). The number of carbonyl (C=O) groups is 3. The zero-order valence-corrected chi connectivity index (χ0v) is 16.8. The van der Waals surface area contributed by atoms with E-state index in [4.69, 9.17) is 4.74 Å². The number of amides is 4. The van der Waals surface area contributed by atoms with Gasteiger partial charge in [-0.05, 0) is 44.0 Å². The highest BCUT2D eigenvalue weighted by Crippen LogP contribution is 2.28. The van der Waals surface area contributed by atoms with Crippen LogP contribution in [0.25, 0.3) is 0 Å². The Morgan fingerprint density at radius 3 is 2.52 bits per heavy atom. The molecule has 0 radical (unpaired) electrons. The predicted molar refractivity (Wildman–Crippen MR) is 108 cm³/mol. The van der Waals surface area contributed by atoms with Gasteiger partial charge in [0.1, 0.15) is 24.4 Å². The quantitative estimate of drug-likeness (QED) is 0.556. The molecule has 1 aliphatic heterocycles. The number of aryl methyl sites for hydroxylation is 2. The Kier molecular flexibility index (Phi) is 5.87. The lowest BCUT2D eigenvalue weighted by Gasteiger charge is -2.22. The fourth-order valence-electron chi connectivity index (χ4n) is 3.19. The number of imide groups is 1. The highest BCUT2D eigenvalue weighted by molar-refractivity contribution is 6.09. The van der Waals surface area contributed by atoms with Crippen LogP contribution in [0.15, 0.2) is 48.5 Å². The van der Waals surface area contributed by atoms with Crippen molar-refractivity contribution in [1.29, 1.82) is 0 Å². The summed E-state index contributed by atoms with van der Waals surface area (Å²) in [5, 5.41) is 5.37. The maximum atomic E-state index is 12.8. The Bertz CT molecular complexity index is 926. The average molecular weight is 395 g/mol. The molecule has 1 fully saturated rings. The van der Waals surface area contributed by atoms with Crippen LogP contribution in [-0.4, -0.2) is 42.4 Å². The lowest BCUT2D eigenvalue weighted by atomic mass is 9.91. The molecule has 2 aromatic rings. The van der Waals surface area contributed by atoms with Crippen molar-refractivity contribution in [2.24, 2.45) is 0 Å². The van der Waals surface area contributed by atoms with E-state index in [-0.39, 0.29) is 19.7 Å². The Labute approximate surface area is 170 Å². The molecule has 3 rings (SSSR count). The highest BCUT2D eigenvalue weighted by Gasteiger charge is 2.49. The Morgan fingerprint density at radius 1 is 1.10 bits per heavy atom. The van der Waals surface area contributed by atoms with Crippen LogP contribution < -0.4 is 15.4 Å². The minimum atomic E-state index is -1.18. The summed E-state index contributed by atoms with van der Waals surface area (Å²) in [6.45, 7) is 5.78. The van der Waals surface area contributed by atoms with Crippen molar-refractivity contribution in [3.05, 3.63) is 65.2 Å². The monoisotopic (exact) mass is 395 g/mol. The zero-order valence-electron chi connectivity index (χ0n) is 16.8. The molecule has 2 aromatic carbocycles. The van der Waals surface area contributed by atoms with Crippen LogP contribution >= 0.6 is 0 Å². The van der Waals surface area contributed by atoms with Crippen LogP contribution in [0.4, 0.5) is 4.79 Å². The molecule has 1 atom stereocenters. The van der Waals surface area contributed by atoms with Crippen LogP contribution in [-0.2, 0) is 15.1 Å². The van der Waals surface area contributed by atoms with E-state index in [1.54, 1.807) is 19.1 Å². The lowest BCUT2D eigenvalue weighted by molar-refractivity contribution is -0.134. The van der Waals surface area contributed by atoms with E-state index < -0.39 is 23.4 Å². The molecular formula is C22H25N3O4. The first kappa shape index (κ1) is 20.4. The lowest BCUT2D eigenvalue weighted by Crippen LogP contribution is -2.43. The summed E-state index contributed by atoms with van der Waals surface area (Å²) in [7, 11) is 0. The third-order valence-corrected chi connectivity index (χ3v) is 4.89. The van der Waals surface area contributed by atoms with Crippen molar-refractivity contribution >= 4 is 17.8 Å². The SMILES string of the molecule is Cc1ccc(C2(C)NC(=O)N(CC(=O)NCCOc3cccc(C)c3)C2=O)cc1. The van der Waals surface area contributed by atoms with Crippen LogP contribution in [0.1, 0.15) is 23.6 Å². The number of hydrogen-bond acceptors (Lipinski definition) is 4. The minimum Gasteiger partial charge on any atom is -0.492 e. The molecule has 1 unspecified atom stereocenters. The maximum absolute atomic E-state index is 12.8. The van der Waals surface area contributed by atoms with Gasteiger partial charge in [0.05, 0.1) is 6.54 Å². The largest absolute Gasteiger partial charge is 0.492 e. The predicted octanol–water partition coefficient (Wildman–Crippen LogP) is 2.27. The molecule has 0 saturated carbocycles. The van der Waals surface area contributed by atoms with Gasteiger partial charge in [-0.2, -0.15) is 0 Å². The molecule has 0 bridgehead atoms. The topological polar surface area (TPSA) is 87.7 Å². The average Bonchev–Trinajstić information content (AvgIpc) is 2.90. The Balaban J connectivity index is 1.53. The van der Waals surface area contributed by atoms with Crippen molar-refractivity contribution in [2.75, 3.05) is 19.7 Å². The molecule has 7 heteroatoms. The van der Waals surface area contributed by atoms with Gasteiger partial charge < -0.3 is 15.4 Å². The fraction of sp³-hybridized carbons (Fsp3) is 0.318. The van der Waals surface area contributed by atoms with E-state index in [1.807, 2.05) is 50.2 Å². The first-order valence-corrected chi connectivity index (χ1v) is 9.47. The summed E-state index contributed by atoms with van der Waals surface area (Å²) in [4.78, 5) is 38.3. The van der Waals surface area contributed by atoms with Gasteiger partial charge in [-0.3, -0.25) is 14.5 Å². The van der Waals surface area contributed by atoms with Gasteiger partial charge in [0.25, 0.3) is 5.91 Å². The molecule has 4 amide bonds. The highest BCUT2D eigenvalue weighted by atomic mass is 16.5. The summed E-state index contributed by atoms with van der Waals surface area (Å²) in [5.74, 6) is -0.144. The van der Waals surface area contributed by atoms with Gasteiger partial charge in [-0.25, -0.2) is 4.79 Å². The van der Waals surface area contributed by atoms with E-state index in [2.05, 4.69) is 10.6 Å². The summed E-state index contributed by atoms with van der Waals surface area (Å²) in [6, 6.07) is 14.4.